The number of carboxylic acid groups (broad SMARTS) is 1. The largest absolute Gasteiger partial charge is 0.481 e. The van der Waals surface area contributed by atoms with Gasteiger partial charge in [-0.2, -0.15) is 0 Å². The average molecular weight is 505 g/mol. The van der Waals surface area contributed by atoms with E-state index in [1.807, 2.05) is 20.8 Å². The first-order valence-electron chi connectivity index (χ1n) is 14.2. The summed E-state index contributed by atoms with van der Waals surface area (Å²) in [4.78, 5) is 35.3. The molecule has 4 aliphatic rings. The monoisotopic (exact) mass is 504 g/mol. The maximum Gasteiger partial charge on any atom is 0.303 e. The lowest BCUT2D eigenvalue weighted by molar-refractivity contribution is -0.385. The molecule has 0 aromatic carbocycles. The molecule has 1 unspecified atom stereocenters. The van der Waals surface area contributed by atoms with E-state index < -0.39 is 11.6 Å². The highest BCUT2D eigenvalue weighted by Crippen LogP contribution is 2.67. The fourth-order valence-electron chi connectivity index (χ4n) is 8.64. The molecule has 0 bridgehead atoms. The lowest BCUT2D eigenvalue weighted by Gasteiger charge is -2.58. The zero-order valence-electron chi connectivity index (χ0n) is 23.5. The van der Waals surface area contributed by atoms with Crippen LogP contribution >= 0.6 is 0 Å². The van der Waals surface area contributed by atoms with Gasteiger partial charge in [0, 0.05) is 18.8 Å². The Morgan fingerprint density at radius 1 is 1.14 bits per heavy atom. The molecular weight excluding hydrogens is 456 g/mol. The van der Waals surface area contributed by atoms with E-state index in [0.29, 0.717) is 36.0 Å². The third-order valence-corrected chi connectivity index (χ3v) is 10.4. The third kappa shape index (κ3) is 5.14. The van der Waals surface area contributed by atoms with Crippen LogP contribution in [0.4, 0.5) is 0 Å². The van der Waals surface area contributed by atoms with Crippen LogP contribution in [0.3, 0.4) is 0 Å². The summed E-state index contributed by atoms with van der Waals surface area (Å²) >= 11 is 0. The minimum absolute atomic E-state index is 0.0359. The fraction of sp³-hybridized carbons (Fsp3) is 0.867. The fourth-order valence-corrected chi connectivity index (χ4v) is 8.64. The van der Waals surface area contributed by atoms with Crippen LogP contribution in [0, 0.1) is 40.4 Å². The van der Waals surface area contributed by atoms with E-state index in [-0.39, 0.29) is 35.4 Å². The molecule has 0 heterocycles. The molecule has 0 aliphatic heterocycles. The molecule has 6 heteroatoms. The van der Waals surface area contributed by atoms with Crippen molar-refractivity contribution in [2.45, 2.75) is 124 Å². The molecule has 36 heavy (non-hydrogen) atoms. The van der Waals surface area contributed by atoms with Crippen LogP contribution in [0.1, 0.15) is 106 Å². The highest BCUT2D eigenvalue weighted by Gasteiger charge is 2.62. The standard InChI is InChI=1S/C30H48O6/c1-18(8-13-27(32)33)23-11-12-24-22-10-9-20-16-21(34-19(2)31)14-15-29(20,6)25(22)17-26(30(23,24)7)35-36-28(3,4)5/h17-18,20-24,26H,8-16H2,1-7H3,(H,32,33)/t18-,20-,21-,22+,23-,24+,26?,29+,30-/m1/s1. The Morgan fingerprint density at radius 3 is 2.50 bits per heavy atom. The van der Waals surface area contributed by atoms with Crippen molar-refractivity contribution in [2.24, 2.45) is 40.4 Å². The van der Waals surface area contributed by atoms with Crippen molar-refractivity contribution < 1.29 is 29.2 Å². The first-order chi connectivity index (χ1) is 16.8. The number of ether oxygens (including phenoxy) is 1. The summed E-state index contributed by atoms with van der Waals surface area (Å²) in [6.45, 7) is 14.6. The maximum absolute atomic E-state index is 11.6. The summed E-state index contributed by atoms with van der Waals surface area (Å²) in [5, 5.41) is 9.31. The molecule has 4 aliphatic carbocycles. The highest BCUT2D eigenvalue weighted by atomic mass is 17.2. The van der Waals surface area contributed by atoms with Crippen LogP contribution in [-0.4, -0.2) is 34.9 Å². The number of esters is 1. The van der Waals surface area contributed by atoms with Crippen LogP contribution in [0.2, 0.25) is 0 Å². The van der Waals surface area contributed by atoms with E-state index in [9.17, 15) is 14.7 Å². The number of hydrogen-bond acceptors (Lipinski definition) is 5. The summed E-state index contributed by atoms with van der Waals surface area (Å²) in [6, 6.07) is 0. The van der Waals surface area contributed by atoms with Crippen molar-refractivity contribution in [1.82, 2.24) is 0 Å². The third-order valence-electron chi connectivity index (χ3n) is 10.4. The molecule has 0 aromatic rings. The number of carbonyl (C=O) groups excluding carboxylic acids is 1. The van der Waals surface area contributed by atoms with Gasteiger partial charge in [0.1, 0.15) is 12.2 Å². The van der Waals surface area contributed by atoms with Gasteiger partial charge < -0.3 is 9.84 Å². The SMILES string of the molecule is CC(=O)O[C@@H]1CC[C@]2(C)C3=CC(OOC(C)(C)C)[C@]4(C)[C@@H]([C@H](C)CCC(=O)O)CC[C@H]4[C@@H]3CC[C@@H]2C1. The zero-order valence-corrected chi connectivity index (χ0v) is 23.5. The Hall–Kier alpha value is -1.40. The van der Waals surface area contributed by atoms with Gasteiger partial charge in [0.15, 0.2) is 0 Å². The molecule has 0 spiro atoms. The number of rotatable bonds is 7. The summed E-state index contributed by atoms with van der Waals surface area (Å²) in [7, 11) is 0. The van der Waals surface area contributed by atoms with Gasteiger partial charge in [0.2, 0.25) is 0 Å². The van der Waals surface area contributed by atoms with Gasteiger partial charge in [-0.1, -0.05) is 32.4 Å². The van der Waals surface area contributed by atoms with Crippen LogP contribution in [0.5, 0.6) is 0 Å². The minimum Gasteiger partial charge on any atom is -0.481 e. The minimum atomic E-state index is -0.716. The Bertz CT molecular complexity index is 873. The maximum atomic E-state index is 11.6. The summed E-state index contributed by atoms with van der Waals surface area (Å²) in [5.41, 5.74) is 1.14. The van der Waals surface area contributed by atoms with Gasteiger partial charge in [0.05, 0.1) is 5.60 Å². The van der Waals surface area contributed by atoms with E-state index >= 15 is 0 Å². The molecule has 0 aromatic heterocycles. The summed E-state index contributed by atoms with van der Waals surface area (Å²) < 4.78 is 5.64. The van der Waals surface area contributed by atoms with Gasteiger partial charge in [-0.3, -0.25) is 9.59 Å². The molecule has 4 rings (SSSR count). The molecule has 9 atom stereocenters. The van der Waals surface area contributed by atoms with Gasteiger partial charge in [0.25, 0.3) is 0 Å². The van der Waals surface area contributed by atoms with E-state index in [1.165, 1.54) is 19.8 Å². The van der Waals surface area contributed by atoms with Gasteiger partial charge in [-0.15, -0.1) is 0 Å². The number of allylic oxidation sites excluding steroid dienone is 1. The Balaban J connectivity index is 1.66. The Labute approximate surface area is 217 Å². The number of fused-ring (bicyclic) bond motifs is 5. The topological polar surface area (TPSA) is 82.1 Å². The Morgan fingerprint density at radius 2 is 1.86 bits per heavy atom. The number of carbonyl (C=O) groups is 2. The molecule has 0 radical (unpaired) electrons. The van der Waals surface area contributed by atoms with E-state index in [1.54, 1.807) is 5.57 Å². The molecule has 3 saturated carbocycles. The summed E-state index contributed by atoms with van der Waals surface area (Å²) in [6.07, 6.45) is 10.7. The van der Waals surface area contributed by atoms with Crippen molar-refractivity contribution >= 4 is 11.9 Å². The van der Waals surface area contributed by atoms with E-state index in [0.717, 1.165) is 32.1 Å². The second kappa shape index (κ2) is 10.1. The molecule has 204 valence electrons. The summed E-state index contributed by atoms with van der Waals surface area (Å²) in [5.74, 6) is 1.38. The van der Waals surface area contributed by atoms with Crippen molar-refractivity contribution in [3.63, 3.8) is 0 Å². The lowest BCUT2D eigenvalue weighted by Crippen LogP contribution is -2.54. The molecule has 0 saturated heterocycles. The average Bonchev–Trinajstić information content (AvgIpc) is 3.13. The lowest BCUT2D eigenvalue weighted by atomic mass is 9.47. The van der Waals surface area contributed by atoms with Crippen molar-refractivity contribution in [1.29, 1.82) is 0 Å². The van der Waals surface area contributed by atoms with Crippen LogP contribution in [-0.2, 0) is 24.1 Å². The normalized spacial score (nSPS) is 40.9. The van der Waals surface area contributed by atoms with E-state index in [4.69, 9.17) is 14.5 Å². The highest BCUT2D eigenvalue weighted by molar-refractivity contribution is 5.66. The molecule has 3 fully saturated rings. The predicted octanol–water partition coefficient (Wildman–Crippen LogP) is 6.72. The van der Waals surface area contributed by atoms with Crippen molar-refractivity contribution in [2.75, 3.05) is 0 Å². The molecule has 0 amide bonds. The van der Waals surface area contributed by atoms with Gasteiger partial charge in [-0.05, 0) is 107 Å². The second-order valence-corrected chi connectivity index (χ2v) is 13.7. The predicted molar refractivity (Wildman–Crippen MR) is 138 cm³/mol. The van der Waals surface area contributed by atoms with Crippen molar-refractivity contribution in [3.05, 3.63) is 11.6 Å². The van der Waals surface area contributed by atoms with Crippen molar-refractivity contribution in [3.8, 4) is 0 Å². The first kappa shape index (κ1) is 27.6. The molecule has 1 N–H and O–H groups in total. The second-order valence-electron chi connectivity index (χ2n) is 13.7. The first-order valence-corrected chi connectivity index (χ1v) is 14.2. The zero-order chi connectivity index (χ0) is 26.5. The Kier molecular flexibility index (Phi) is 7.72. The quantitative estimate of drug-likeness (QED) is 0.179. The van der Waals surface area contributed by atoms with E-state index in [2.05, 4.69) is 26.8 Å². The molecular formula is C30H48O6. The molecule has 6 nitrogen and oxygen atoms in total. The smallest absolute Gasteiger partial charge is 0.303 e. The van der Waals surface area contributed by atoms with Gasteiger partial charge in [-0.25, -0.2) is 9.78 Å². The van der Waals surface area contributed by atoms with Crippen LogP contribution in [0.15, 0.2) is 11.6 Å². The van der Waals surface area contributed by atoms with Crippen LogP contribution < -0.4 is 0 Å². The van der Waals surface area contributed by atoms with Crippen LogP contribution in [0.25, 0.3) is 0 Å². The van der Waals surface area contributed by atoms with Gasteiger partial charge >= 0.3 is 11.9 Å². The number of aliphatic carboxylic acids is 1. The number of hydrogen-bond donors (Lipinski definition) is 1. The number of carboxylic acids is 1.